The molecule has 4 aromatic rings. The summed E-state index contributed by atoms with van der Waals surface area (Å²) in [6.07, 6.45) is 2.82. The molecule has 0 saturated carbocycles. The molecule has 10 nitrogen and oxygen atoms in total. The molecule has 4 aromatic heterocycles. The van der Waals surface area contributed by atoms with Gasteiger partial charge in [-0.15, -0.1) is 0 Å². The van der Waals surface area contributed by atoms with Gasteiger partial charge in [0.15, 0.2) is 0 Å². The van der Waals surface area contributed by atoms with Crippen LogP contribution in [0.15, 0.2) is 46.2 Å². The van der Waals surface area contributed by atoms with Gasteiger partial charge in [-0.05, 0) is 52.0 Å². The summed E-state index contributed by atoms with van der Waals surface area (Å²) in [7, 11) is 0. The molecule has 0 spiro atoms. The summed E-state index contributed by atoms with van der Waals surface area (Å²) in [4.78, 5) is 60.1. The fourth-order valence-electron chi connectivity index (χ4n) is 3.77. The summed E-state index contributed by atoms with van der Waals surface area (Å²) in [6.45, 7) is 8.34. The molecule has 0 aliphatic rings. The van der Waals surface area contributed by atoms with Crippen LogP contribution in [0.2, 0.25) is 0 Å². The molecule has 0 aliphatic heterocycles. The van der Waals surface area contributed by atoms with E-state index >= 15 is 0 Å². The molecule has 34 heavy (non-hydrogen) atoms. The van der Waals surface area contributed by atoms with Crippen molar-refractivity contribution in [3.63, 3.8) is 0 Å². The third-order valence-electron chi connectivity index (χ3n) is 5.58. The number of hydrogen-bond donors (Lipinski definition) is 2. The van der Waals surface area contributed by atoms with E-state index in [0.717, 1.165) is 11.4 Å². The van der Waals surface area contributed by atoms with E-state index < -0.39 is 22.7 Å². The number of fused-ring (bicyclic) bond motifs is 2. The molecule has 0 aliphatic carbocycles. The fraction of sp³-hybridized carbons (Fsp3) is 0.250. The third-order valence-corrected chi connectivity index (χ3v) is 5.58. The van der Waals surface area contributed by atoms with Crippen molar-refractivity contribution >= 4 is 33.9 Å². The van der Waals surface area contributed by atoms with Gasteiger partial charge in [-0.1, -0.05) is 0 Å². The molecule has 0 aromatic carbocycles. The first-order valence-electron chi connectivity index (χ1n) is 10.9. The van der Waals surface area contributed by atoms with Gasteiger partial charge in [0.25, 0.3) is 11.8 Å². The van der Waals surface area contributed by atoms with Crippen LogP contribution < -0.4 is 21.7 Å². The first kappa shape index (κ1) is 22.8. The number of hydrazine groups is 1. The lowest BCUT2D eigenvalue weighted by Gasteiger charge is -2.13. The first-order chi connectivity index (χ1) is 16.2. The van der Waals surface area contributed by atoms with E-state index in [1.54, 1.807) is 33.4 Å². The Bertz CT molecular complexity index is 1470. The highest BCUT2D eigenvalue weighted by molar-refractivity contribution is 6.01. The number of hydrogen-bond acceptors (Lipinski definition) is 6. The molecule has 0 saturated heterocycles. The Morgan fingerprint density at radius 3 is 1.47 bits per heavy atom. The molecule has 4 rings (SSSR count). The molecule has 174 valence electrons. The van der Waals surface area contributed by atoms with Crippen LogP contribution in [0.25, 0.3) is 22.1 Å². The SMILES string of the molecule is CCn1cc(C(=O)NNC(=O)c2cn(CC)c3nc(C)ccc3c2=O)c(=O)c2ccc(C)nc21. The molecule has 4 heterocycles. The zero-order chi connectivity index (χ0) is 24.6. The van der Waals surface area contributed by atoms with Crippen molar-refractivity contribution in [2.75, 3.05) is 0 Å². The number of aryl methyl sites for hydroxylation is 4. The van der Waals surface area contributed by atoms with Crippen LogP contribution in [-0.2, 0) is 13.1 Å². The fourth-order valence-corrected chi connectivity index (χ4v) is 3.77. The van der Waals surface area contributed by atoms with E-state index in [2.05, 4.69) is 20.8 Å². The highest BCUT2D eigenvalue weighted by atomic mass is 16.2. The van der Waals surface area contributed by atoms with Crippen LogP contribution >= 0.6 is 0 Å². The van der Waals surface area contributed by atoms with E-state index in [9.17, 15) is 19.2 Å². The van der Waals surface area contributed by atoms with Gasteiger partial charge in [-0.2, -0.15) is 0 Å². The largest absolute Gasteiger partial charge is 0.332 e. The summed E-state index contributed by atoms with van der Waals surface area (Å²) in [6, 6.07) is 6.64. The van der Waals surface area contributed by atoms with Gasteiger partial charge in [-0.3, -0.25) is 30.0 Å². The van der Waals surface area contributed by atoms with E-state index in [1.165, 1.54) is 12.4 Å². The second kappa shape index (κ2) is 8.89. The number of aromatic nitrogens is 4. The van der Waals surface area contributed by atoms with Crippen LogP contribution in [0.3, 0.4) is 0 Å². The van der Waals surface area contributed by atoms with E-state index in [4.69, 9.17) is 0 Å². The highest BCUT2D eigenvalue weighted by Crippen LogP contribution is 2.12. The average Bonchev–Trinajstić information content (AvgIpc) is 2.82. The van der Waals surface area contributed by atoms with Crippen molar-refractivity contribution in [2.45, 2.75) is 40.8 Å². The highest BCUT2D eigenvalue weighted by Gasteiger charge is 2.19. The quantitative estimate of drug-likeness (QED) is 0.447. The van der Waals surface area contributed by atoms with Gasteiger partial charge >= 0.3 is 0 Å². The molecule has 0 fully saturated rings. The topological polar surface area (TPSA) is 128 Å². The monoisotopic (exact) mass is 460 g/mol. The van der Waals surface area contributed by atoms with Crippen LogP contribution in [0, 0.1) is 13.8 Å². The predicted molar refractivity (Wildman–Crippen MR) is 128 cm³/mol. The van der Waals surface area contributed by atoms with Gasteiger partial charge in [0.05, 0.1) is 10.8 Å². The second-order valence-corrected chi connectivity index (χ2v) is 7.87. The maximum atomic E-state index is 12.9. The zero-order valence-corrected chi connectivity index (χ0v) is 19.3. The lowest BCUT2D eigenvalue weighted by Crippen LogP contribution is -2.44. The van der Waals surface area contributed by atoms with Gasteiger partial charge in [0.1, 0.15) is 22.4 Å². The van der Waals surface area contributed by atoms with Crippen LogP contribution in [0.1, 0.15) is 46.0 Å². The predicted octanol–water partition coefficient (Wildman–Crippen LogP) is 1.84. The molecular weight excluding hydrogens is 436 g/mol. The minimum absolute atomic E-state index is 0.149. The van der Waals surface area contributed by atoms with Crippen molar-refractivity contribution in [3.05, 3.63) is 79.6 Å². The van der Waals surface area contributed by atoms with Gasteiger partial charge in [-0.25, -0.2) is 9.97 Å². The standard InChI is InChI=1S/C24H24N6O4/c1-5-29-11-17(19(31)15-9-7-13(3)25-21(15)29)23(33)27-28-24(34)18-12-30(6-2)22-16(20(18)32)10-8-14(4)26-22/h7-12H,5-6H2,1-4H3,(H,27,33)(H,28,34). The molecule has 10 heteroatoms. The number of pyridine rings is 4. The molecule has 0 unspecified atom stereocenters. The number of carbonyl (C=O) groups is 2. The minimum atomic E-state index is -0.795. The smallest absolute Gasteiger partial charge is 0.275 e. The number of nitrogens with zero attached hydrogens (tertiary/aromatic N) is 4. The Labute approximate surface area is 194 Å². The molecule has 2 N–H and O–H groups in total. The van der Waals surface area contributed by atoms with Gasteiger partial charge in [0.2, 0.25) is 10.9 Å². The van der Waals surface area contributed by atoms with Crippen molar-refractivity contribution in [1.29, 1.82) is 0 Å². The van der Waals surface area contributed by atoms with Crippen LogP contribution in [-0.4, -0.2) is 30.9 Å². The average molecular weight is 460 g/mol. The summed E-state index contributed by atoms with van der Waals surface area (Å²) >= 11 is 0. The Morgan fingerprint density at radius 2 is 1.12 bits per heavy atom. The molecular formula is C24H24N6O4. The van der Waals surface area contributed by atoms with E-state index in [1.807, 2.05) is 27.7 Å². The Kier molecular flexibility index (Phi) is 5.97. The number of carbonyl (C=O) groups excluding carboxylic acids is 2. The Balaban J connectivity index is 1.65. The lowest BCUT2D eigenvalue weighted by molar-refractivity contribution is 0.0845. The first-order valence-corrected chi connectivity index (χ1v) is 10.9. The van der Waals surface area contributed by atoms with Gasteiger partial charge < -0.3 is 9.13 Å². The third kappa shape index (κ3) is 3.94. The zero-order valence-electron chi connectivity index (χ0n) is 19.3. The molecule has 0 radical (unpaired) electrons. The van der Waals surface area contributed by atoms with E-state index in [0.29, 0.717) is 35.2 Å². The minimum Gasteiger partial charge on any atom is -0.332 e. The van der Waals surface area contributed by atoms with Crippen molar-refractivity contribution in [1.82, 2.24) is 30.0 Å². The second-order valence-electron chi connectivity index (χ2n) is 7.87. The molecule has 0 bridgehead atoms. The van der Waals surface area contributed by atoms with Crippen LogP contribution in [0.4, 0.5) is 0 Å². The van der Waals surface area contributed by atoms with Crippen molar-refractivity contribution in [2.24, 2.45) is 0 Å². The van der Waals surface area contributed by atoms with E-state index in [-0.39, 0.29) is 11.1 Å². The molecule has 2 amide bonds. The van der Waals surface area contributed by atoms with Crippen LogP contribution in [0.5, 0.6) is 0 Å². The van der Waals surface area contributed by atoms with Crippen molar-refractivity contribution in [3.8, 4) is 0 Å². The normalized spacial score (nSPS) is 11.1. The van der Waals surface area contributed by atoms with Crippen molar-refractivity contribution < 1.29 is 9.59 Å². The summed E-state index contributed by atoms with van der Waals surface area (Å²) < 4.78 is 3.39. The number of amides is 2. The van der Waals surface area contributed by atoms with Gasteiger partial charge in [0, 0.05) is 36.9 Å². The summed E-state index contributed by atoms with van der Waals surface area (Å²) in [5.41, 5.74) is 5.66. The molecule has 0 atom stereocenters. The lowest BCUT2D eigenvalue weighted by atomic mass is 10.1. The number of nitrogens with one attached hydrogen (secondary N) is 2. The summed E-state index contributed by atoms with van der Waals surface area (Å²) in [5, 5.41) is 0.601. The maximum Gasteiger partial charge on any atom is 0.275 e. The maximum absolute atomic E-state index is 12.9. The summed E-state index contributed by atoms with van der Waals surface area (Å²) in [5.74, 6) is -1.59. The Hall–Kier alpha value is -4.34. The number of rotatable bonds is 4. The Morgan fingerprint density at radius 1 is 0.735 bits per heavy atom.